The zero-order valence-electron chi connectivity index (χ0n) is 16.3. The van der Waals surface area contributed by atoms with Crippen molar-refractivity contribution in [3.05, 3.63) is 60.2 Å². The van der Waals surface area contributed by atoms with Crippen LogP contribution in [0.15, 0.2) is 54.6 Å². The lowest BCUT2D eigenvalue weighted by molar-refractivity contribution is -0.289. The van der Waals surface area contributed by atoms with E-state index in [0.29, 0.717) is 37.3 Å². The van der Waals surface area contributed by atoms with Crippen molar-refractivity contribution in [3.63, 3.8) is 0 Å². The average molecular weight is 436 g/mol. The fourth-order valence-corrected chi connectivity index (χ4v) is 3.79. The Balaban J connectivity index is 1.47. The lowest BCUT2D eigenvalue weighted by atomic mass is 10.0. The highest BCUT2D eigenvalue weighted by Crippen LogP contribution is 2.46. The second-order valence-corrected chi connectivity index (χ2v) is 7.52. The van der Waals surface area contributed by atoms with Gasteiger partial charge in [0, 0.05) is 30.2 Å². The molecule has 1 N–H and O–H groups in total. The van der Waals surface area contributed by atoms with Crippen LogP contribution in [0.25, 0.3) is 10.9 Å². The predicted octanol–water partition coefficient (Wildman–Crippen LogP) is 6.11. The predicted molar refractivity (Wildman–Crippen MR) is 107 cm³/mol. The number of piperidine rings is 1. The molecule has 1 saturated heterocycles. The third kappa shape index (κ3) is 4.08. The van der Waals surface area contributed by atoms with Gasteiger partial charge >= 0.3 is 12.1 Å². The molecule has 163 valence electrons. The van der Waals surface area contributed by atoms with Crippen LogP contribution in [-0.2, 0) is 11.0 Å². The van der Waals surface area contributed by atoms with Crippen molar-refractivity contribution >= 4 is 22.4 Å². The summed E-state index contributed by atoms with van der Waals surface area (Å²) in [6.07, 6.45) is -4.63. The van der Waals surface area contributed by atoms with Crippen molar-refractivity contribution in [2.75, 3.05) is 23.3 Å². The van der Waals surface area contributed by atoms with E-state index in [2.05, 4.69) is 10.3 Å². The molecule has 3 aromatic rings. The Morgan fingerprint density at radius 2 is 1.61 bits per heavy atom. The summed E-state index contributed by atoms with van der Waals surface area (Å²) >= 11 is 0. The minimum absolute atomic E-state index is 0.168. The van der Waals surface area contributed by atoms with E-state index in [-0.39, 0.29) is 17.5 Å². The van der Waals surface area contributed by atoms with Crippen LogP contribution >= 0.6 is 0 Å². The fourth-order valence-electron chi connectivity index (χ4n) is 3.79. The number of pyridine rings is 1. The lowest BCUT2D eigenvalue weighted by Gasteiger charge is -2.34. The fraction of sp³-hybridized carbons (Fsp3) is 0.318. The third-order valence-electron chi connectivity index (χ3n) is 5.47. The molecule has 0 saturated carbocycles. The van der Waals surface area contributed by atoms with Gasteiger partial charge in [-0.25, -0.2) is 4.98 Å². The molecule has 2 heterocycles. The van der Waals surface area contributed by atoms with Gasteiger partial charge in [0.05, 0.1) is 5.56 Å². The summed E-state index contributed by atoms with van der Waals surface area (Å²) in [4.78, 5) is 6.42. The van der Waals surface area contributed by atoms with Gasteiger partial charge in [-0.3, -0.25) is 5.11 Å². The van der Waals surface area contributed by atoms with Crippen LogP contribution in [-0.4, -0.2) is 30.3 Å². The number of hydrogen-bond donors (Lipinski definition) is 1. The summed E-state index contributed by atoms with van der Waals surface area (Å²) in [6.45, 7) is 1.05. The van der Waals surface area contributed by atoms with E-state index in [1.807, 2.05) is 17.0 Å². The molecule has 0 unspecified atom stereocenters. The molecule has 0 aliphatic carbocycles. The van der Waals surface area contributed by atoms with E-state index in [1.165, 1.54) is 24.3 Å². The summed E-state index contributed by atoms with van der Waals surface area (Å²) < 4.78 is 66.4. The average Bonchev–Trinajstić information content (AvgIpc) is 2.74. The molecule has 1 fully saturated rings. The summed E-state index contributed by atoms with van der Waals surface area (Å²) in [7, 11) is 0. The molecule has 1 aliphatic rings. The van der Waals surface area contributed by atoms with Gasteiger partial charge in [-0.1, -0.05) is 30.3 Å². The number of halogens is 5. The second-order valence-electron chi connectivity index (χ2n) is 7.52. The number of anilines is 2. The molecule has 9 heteroatoms. The molecule has 2 aromatic carbocycles. The molecule has 1 aliphatic heterocycles. The quantitative estimate of drug-likeness (QED) is 0.502. The summed E-state index contributed by atoms with van der Waals surface area (Å²) in [5.74, 6) is -4.47. The van der Waals surface area contributed by atoms with E-state index in [1.54, 1.807) is 12.1 Å². The van der Waals surface area contributed by atoms with E-state index >= 15 is 0 Å². The normalized spacial score (nSPS) is 16.0. The smallest absolute Gasteiger partial charge is 0.382 e. The molecule has 0 amide bonds. The molecular weight excluding hydrogens is 417 g/mol. The first-order valence-corrected chi connectivity index (χ1v) is 9.79. The number of para-hydroxylation sites is 2. The van der Waals surface area contributed by atoms with Crippen LogP contribution in [0.5, 0.6) is 5.75 Å². The van der Waals surface area contributed by atoms with Crippen molar-refractivity contribution in [3.8, 4) is 5.75 Å². The number of fused-ring (bicyclic) bond motifs is 1. The number of rotatable bonds is 4. The van der Waals surface area contributed by atoms with E-state index in [4.69, 9.17) is 0 Å². The molecule has 4 nitrogen and oxygen atoms in total. The minimum Gasteiger partial charge on any atom is -0.382 e. The molecule has 0 spiro atoms. The standard InChI is InChI=1S/C22H19F5N3O/c23-21(24,22(25,26)27)16-5-1-2-6-17(16)28-15-10-12-30(13-11-15)19-9-8-14-4-3-7-18(31)20(14)29-19/h1-9,15,28H,10-13H2. The third-order valence-corrected chi connectivity index (χ3v) is 5.47. The SMILES string of the molecule is [O]c1cccc2ccc(N3CCC(Nc4ccccc4C(F)(F)C(F)(F)F)CC3)nc12. The van der Waals surface area contributed by atoms with Gasteiger partial charge < -0.3 is 10.2 Å². The van der Waals surface area contributed by atoms with Crippen molar-refractivity contribution in [2.45, 2.75) is 31.0 Å². The van der Waals surface area contributed by atoms with Gasteiger partial charge in [0.25, 0.3) is 0 Å². The van der Waals surface area contributed by atoms with E-state index in [0.717, 1.165) is 11.5 Å². The van der Waals surface area contributed by atoms with Gasteiger partial charge in [0.2, 0.25) is 5.75 Å². The van der Waals surface area contributed by atoms with Gasteiger partial charge in [0.1, 0.15) is 11.3 Å². The molecule has 0 atom stereocenters. The van der Waals surface area contributed by atoms with E-state index in [9.17, 15) is 27.1 Å². The lowest BCUT2D eigenvalue weighted by Crippen LogP contribution is -2.40. The highest BCUT2D eigenvalue weighted by molar-refractivity contribution is 5.85. The van der Waals surface area contributed by atoms with Crippen molar-refractivity contribution in [1.29, 1.82) is 0 Å². The Hall–Kier alpha value is -3.10. The van der Waals surface area contributed by atoms with E-state index < -0.39 is 17.7 Å². The Morgan fingerprint density at radius 3 is 2.32 bits per heavy atom. The monoisotopic (exact) mass is 436 g/mol. The van der Waals surface area contributed by atoms with Crippen LogP contribution in [0.4, 0.5) is 33.5 Å². The molecule has 1 radical (unpaired) electrons. The highest BCUT2D eigenvalue weighted by Gasteiger charge is 2.59. The maximum absolute atomic E-state index is 13.9. The van der Waals surface area contributed by atoms with Crippen LogP contribution in [0.3, 0.4) is 0 Å². The first-order chi connectivity index (χ1) is 14.7. The van der Waals surface area contributed by atoms with Gasteiger partial charge in [0.15, 0.2) is 0 Å². The zero-order chi connectivity index (χ0) is 22.2. The maximum atomic E-state index is 13.9. The highest BCUT2D eigenvalue weighted by atomic mass is 19.4. The summed E-state index contributed by atoms with van der Waals surface area (Å²) in [5.41, 5.74) is -0.921. The Labute approximate surface area is 175 Å². The van der Waals surface area contributed by atoms with Gasteiger partial charge in [-0.05, 0) is 37.1 Å². The van der Waals surface area contributed by atoms with Crippen molar-refractivity contribution in [2.24, 2.45) is 0 Å². The van der Waals surface area contributed by atoms with Gasteiger partial charge in [-0.15, -0.1) is 0 Å². The number of alkyl halides is 5. The Bertz CT molecular complexity index is 1080. The van der Waals surface area contributed by atoms with Gasteiger partial charge in [-0.2, -0.15) is 22.0 Å². The maximum Gasteiger partial charge on any atom is 0.458 e. The van der Waals surface area contributed by atoms with Crippen LogP contribution < -0.4 is 10.2 Å². The molecule has 1 aromatic heterocycles. The summed E-state index contributed by atoms with van der Waals surface area (Å²) in [5, 5.41) is 15.6. The number of nitrogens with zero attached hydrogens (tertiary/aromatic N) is 2. The molecular formula is C22H19F5N3O. The first-order valence-electron chi connectivity index (χ1n) is 9.79. The molecule has 0 bridgehead atoms. The topological polar surface area (TPSA) is 48.1 Å². The zero-order valence-corrected chi connectivity index (χ0v) is 16.3. The first kappa shape index (κ1) is 21.1. The number of hydrogen-bond acceptors (Lipinski definition) is 3. The Morgan fingerprint density at radius 1 is 0.903 bits per heavy atom. The van der Waals surface area contributed by atoms with Crippen molar-refractivity contribution in [1.82, 2.24) is 4.98 Å². The number of benzene rings is 2. The Kier molecular flexibility index (Phi) is 5.36. The molecule has 31 heavy (non-hydrogen) atoms. The number of aromatic nitrogens is 1. The van der Waals surface area contributed by atoms with Crippen LogP contribution in [0.2, 0.25) is 0 Å². The second kappa shape index (κ2) is 7.86. The molecule has 4 rings (SSSR count). The van der Waals surface area contributed by atoms with Crippen LogP contribution in [0.1, 0.15) is 18.4 Å². The number of nitrogens with one attached hydrogen (secondary N) is 1. The minimum atomic E-state index is -5.67. The largest absolute Gasteiger partial charge is 0.458 e. The van der Waals surface area contributed by atoms with Crippen LogP contribution in [0, 0.1) is 0 Å². The summed E-state index contributed by atoms with van der Waals surface area (Å²) in [6, 6.07) is 12.9. The van der Waals surface area contributed by atoms with Crippen molar-refractivity contribution < 1.29 is 27.1 Å².